The van der Waals surface area contributed by atoms with E-state index >= 15 is 0 Å². The summed E-state index contributed by atoms with van der Waals surface area (Å²) in [4.78, 5) is 0. The molecule has 0 saturated heterocycles. The average Bonchev–Trinajstić information content (AvgIpc) is 2.48. The third-order valence-corrected chi connectivity index (χ3v) is 3.54. The molecule has 110 valence electrons. The van der Waals surface area contributed by atoms with Gasteiger partial charge in [0.2, 0.25) is 0 Å². The molecule has 0 amide bonds. The van der Waals surface area contributed by atoms with Crippen LogP contribution in [0.3, 0.4) is 0 Å². The molecule has 0 spiro atoms. The van der Waals surface area contributed by atoms with Crippen molar-refractivity contribution in [3.63, 3.8) is 0 Å². The largest absolute Gasteiger partial charge is 0.487 e. The molecule has 1 fully saturated rings. The molecule has 0 aliphatic heterocycles. The topological polar surface area (TPSA) is 77.1 Å². The van der Waals surface area contributed by atoms with Crippen LogP contribution in [0.15, 0.2) is 23.4 Å². The predicted molar refractivity (Wildman–Crippen MR) is 72.6 cm³/mol. The van der Waals surface area contributed by atoms with Gasteiger partial charge in [-0.05, 0) is 37.5 Å². The standard InChI is InChI=1S/C14H19FN2O3/c1-19-10-3-2-4-11(8-10)20-13-6-5-9(7-12(13)15)14(16)17-18/h5-7,10-11,18H,2-4,8H2,1H3,(H2,16,17). The van der Waals surface area contributed by atoms with E-state index in [1.165, 1.54) is 12.1 Å². The maximum atomic E-state index is 13.9. The van der Waals surface area contributed by atoms with Crippen LogP contribution in [-0.2, 0) is 4.74 Å². The van der Waals surface area contributed by atoms with E-state index in [-0.39, 0.29) is 23.8 Å². The van der Waals surface area contributed by atoms with E-state index in [9.17, 15) is 4.39 Å². The number of ether oxygens (including phenoxy) is 2. The smallest absolute Gasteiger partial charge is 0.170 e. The van der Waals surface area contributed by atoms with Crippen LogP contribution in [0.1, 0.15) is 31.2 Å². The first-order chi connectivity index (χ1) is 9.63. The first kappa shape index (κ1) is 14.6. The van der Waals surface area contributed by atoms with Gasteiger partial charge >= 0.3 is 0 Å². The number of nitrogens with two attached hydrogens (primary N) is 1. The van der Waals surface area contributed by atoms with Crippen LogP contribution in [-0.4, -0.2) is 30.4 Å². The Bertz CT molecular complexity index is 493. The molecule has 1 aliphatic rings. The van der Waals surface area contributed by atoms with Crippen LogP contribution in [0.5, 0.6) is 5.75 Å². The number of amidine groups is 1. The summed E-state index contributed by atoms with van der Waals surface area (Å²) in [5.74, 6) is -0.470. The van der Waals surface area contributed by atoms with Gasteiger partial charge in [0.05, 0.1) is 6.10 Å². The zero-order valence-corrected chi connectivity index (χ0v) is 11.4. The minimum absolute atomic E-state index is 0.0436. The van der Waals surface area contributed by atoms with E-state index < -0.39 is 5.82 Å². The first-order valence-electron chi connectivity index (χ1n) is 6.61. The quantitative estimate of drug-likeness (QED) is 0.384. The van der Waals surface area contributed by atoms with E-state index in [2.05, 4.69) is 5.16 Å². The first-order valence-corrected chi connectivity index (χ1v) is 6.61. The van der Waals surface area contributed by atoms with Crippen molar-refractivity contribution in [2.75, 3.05) is 7.11 Å². The normalized spacial score (nSPS) is 23.6. The number of halogens is 1. The summed E-state index contributed by atoms with van der Waals surface area (Å²) in [6, 6.07) is 4.25. The molecule has 3 N–H and O–H groups in total. The van der Waals surface area contributed by atoms with Crippen molar-refractivity contribution in [3.8, 4) is 5.75 Å². The minimum atomic E-state index is -0.520. The Labute approximate surface area is 117 Å². The van der Waals surface area contributed by atoms with Gasteiger partial charge in [0.15, 0.2) is 17.4 Å². The molecule has 1 aromatic carbocycles. The monoisotopic (exact) mass is 282 g/mol. The fraction of sp³-hybridized carbons (Fsp3) is 0.500. The van der Waals surface area contributed by atoms with Gasteiger partial charge in [-0.2, -0.15) is 0 Å². The van der Waals surface area contributed by atoms with Crippen molar-refractivity contribution in [2.24, 2.45) is 10.9 Å². The van der Waals surface area contributed by atoms with Crippen molar-refractivity contribution < 1.29 is 19.1 Å². The zero-order valence-electron chi connectivity index (χ0n) is 11.4. The number of nitrogens with zero attached hydrogens (tertiary/aromatic N) is 1. The molecule has 0 aromatic heterocycles. The second-order valence-electron chi connectivity index (χ2n) is 4.89. The van der Waals surface area contributed by atoms with Crippen molar-refractivity contribution >= 4 is 5.84 Å². The molecule has 1 aromatic rings. The molecule has 1 aliphatic carbocycles. The third-order valence-electron chi connectivity index (χ3n) is 3.54. The van der Waals surface area contributed by atoms with E-state index in [1.807, 2.05) is 0 Å². The van der Waals surface area contributed by atoms with Crippen LogP contribution in [0.4, 0.5) is 4.39 Å². The Hall–Kier alpha value is -1.82. The summed E-state index contributed by atoms with van der Waals surface area (Å²) in [5.41, 5.74) is 5.73. The molecule has 2 rings (SSSR count). The fourth-order valence-electron chi connectivity index (χ4n) is 2.42. The van der Waals surface area contributed by atoms with Gasteiger partial charge in [-0.3, -0.25) is 0 Å². The summed E-state index contributed by atoms with van der Waals surface area (Å²) < 4.78 is 24.9. The predicted octanol–water partition coefficient (Wildman–Crippen LogP) is 2.26. The molecule has 0 bridgehead atoms. The van der Waals surface area contributed by atoms with Gasteiger partial charge < -0.3 is 20.4 Å². The lowest BCUT2D eigenvalue weighted by molar-refractivity contribution is 0.0197. The number of hydrogen-bond donors (Lipinski definition) is 2. The lowest BCUT2D eigenvalue weighted by atomic mass is 9.95. The average molecular weight is 282 g/mol. The highest BCUT2D eigenvalue weighted by atomic mass is 19.1. The van der Waals surface area contributed by atoms with E-state index in [0.717, 1.165) is 25.7 Å². The highest BCUT2D eigenvalue weighted by molar-refractivity contribution is 5.97. The van der Waals surface area contributed by atoms with Gasteiger partial charge in [0.1, 0.15) is 6.10 Å². The Morgan fingerprint density at radius 2 is 2.15 bits per heavy atom. The molecule has 0 radical (unpaired) electrons. The molecule has 0 heterocycles. The maximum absolute atomic E-state index is 13.9. The lowest BCUT2D eigenvalue weighted by Crippen LogP contribution is -2.29. The van der Waals surface area contributed by atoms with Gasteiger partial charge in [0.25, 0.3) is 0 Å². The van der Waals surface area contributed by atoms with Gasteiger partial charge in [-0.15, -0.1) is 0 Å². The van der Waals surface area contributed by atoms with E-state index in [4.69, 9.17) is 20.4 Å². The Balaban J connectivity index is 2.06. The lowest BCUT2D eigenvalue weighted by Gasteiger charge is -2.28. The van der Waals surface area contributed by atoms with Crippen LogP contribution in [0, 0.1) is 5.82 Å². The number of benzene rings is 1. The number of hydrogen-bond acceptors (Lipinski definition) is 4. The Kier molecular flexibility index (Phi) is 4.79. The second-order valence-corrected chi connectivity index (χ2v) is 4.89. The van der Waals surface area contributed by atoms with Crippen LogP contribution in [0.25, 0.3) is 0 Å². The SMILES string of the molecule is COC1CCCC(Oc2ccc(C(N)=NO)cc2F)C1. The Morgan fingerprint density at radius 3 is 2.80 bits per heavy atom. The summed E-state index contributed by atoms with van der Waals surface area (Å²) >= 11 is 0. The highest BCUT2D eigenvalue weighted by Gasteiger charge is 2.24. The van der Waals surface area contributed by atoms with Crippen LogP contribution >= 0.6 is 0 Å². The molecule has 5 nitrogen and oxygen atoms in total. The number of oxime groups is 1. The summed E-state index contributed by atoms with van der Waals surface area (Å²) in [5, 5.41) is 11.4. The molecular formula is C14H19FN2O3. The third kappa shape index (κ3) is 3.39. The highest BCUT2D eigenvalue weighted by Crippen LogP contribution is 2.27. The molecule has 2 unspecified atom stereocenters. The molecule has 20 heavy (non-hydrogen) atoms. The van der Waals surface area contributed by atoms with E-state index in [1.54, 1.807) is 13.2 Å². The van der Waals surface area contributed by atoms with Crippen LogP contribution in [0.2, 0.25) is 0 Å². The fourth-order valence-corrected chi connectivity index (χ4v) is 2.42. The van der Waals surface area contributed by atoms with E-state index in [0.29, 0.717) is 5.56 Å². The summed E-state index contributed by atoms with van der Waals surface area (Å²) in [7, 11) is 1.68. The molecule has 2 atom stereocenters. The van der Waals surface area contributed by atoms with Gasteiger partial charge in [-0.25, -0.2) is 4.39 Å². The van der Waals surface area contributed by atoms with Crippen molar-refractivity contribution in [1.29, 1.82) is 0 Å². The number of rotatable bonds is 4. The van der Waals surface area contributed by atoms with Crippen LogP contribution < -0.4 is 10.5 Å². The Morgan fingerprint density at radius 1 is 1.40 bits per heavy atom. The summed E-state index contributed by atoms with van der Waals surface area (Å²) in [6.45, 7) is 0. The second kappa shape index (κ2) is 6.56. The molecule has 6 heteroatoms. The van der Waals surface area contributed by atoms with Crippen molar-refractivity contribution in [3.05, 3.63) is 29.6 Å². The zero-order chi connectivity index (χ0) is 14.5. The minimum Gasteiger partial charge on any atom is -0.487 e. The molecule has 1 saturated carbocycles. The van der Waals surface area contributed by atoms with Gasteiger partial charge in [0, 0.05) is 19.1 Å². The van der Waals surface area contributed by atoms with Gasteiger partial charge in [-0.1, -0.05) is 5.16 Å². The maximum Gasteiger partial charge on any atom is 0.170 e. The van der Waals surface area contributed by atoms with Crippen molar-refractivity contribution in [2.45, 2.75) is 37.9 Å². The molecular weight excluding hydrogens is 263 g/mol. The van der Waals surface area contributed by atoms with Crippen molar-refractivity contribution in [1.82, 2.24) is 0 Å². The summed E-state index contributed by atoms with van der Waals surface area (Å²) in [6.07, 6.45) is 3.80. The number of methoxy groups -OCH3 is 1.